The number of aryl methyl sites for hydroxylation is 1. The van der Waals surface area contributed by atoms with Gasteiger partial charge in [-0.15, -0.1) is 53.6 Å². The van der Waals surface area contributed by atoms with Crippen LogP contribution in [-0.2, 0) is 30.9 Å². The molecule has 0 atom stereocenters. The van der Waals surface area contributed by atoms with Gasteiger partial charge in [0.15, 0.2) is 5.65 Å². The normalized spacial score (nSPS) is 13.0. The van der Waals surface area contributed by atoms with E-state index in [0.29, 0.717) is 5.56 Å². The van der Waals surface area contributed by atoms with E-state index in [0.717, 1.165) is 61.4 Å². The summed E-state index contributed by atoms with van der Waals surface area (Å²) in [6.07, 6.45) is 2.02. The van der Waals surface area contributed by atoms with Crippen molar-refractivity contribution < 1.29 is 28.6 Å². The number of pyridine rings is 2. The number of benzene rings is 6. The Morgan fingerprint density at radius 1 is 0.690 bits per heavy atom. The van der Waals surface area contributed by atoms with Gasteiger partial charge in [-0.3, -0.25) is 4.98 Å². The largest absolute Gasteiger partial charge is 0.501 e. The maximum Gasteiger partial charge on any atom is 0.168 e. The Hall–Kier alpha value is -6.24. The summed E-state index contributed by atoms with van der Waals surface area (Å²) in [5, 5.41) is 3.49. The van der Waals surface area contributed by atoms with Crippen LogP contribution in [0.3, 0.4) is 0 Å². The van der Waals surface area contributed by atoms with Crippen molar-refractivity contribution in [2.24, 2.45) is 0 Å². The van der Waals surface area contributed by atoms with Crippen molar-refractivity contribution in [2.75, 3.05) is 0 Å². The maximum atomic E-state index is 7.56. The first-order valence-electron chi connectivity index (χ1n) is 26.1. The van der Waals surface area contributed by atoms with E-state index in [1.165, 1.54) is 44.3 Å². The van der Waals surface area contributed by atoms with Gasteiger partial charge in [0, 0.05) is 58.0 Å². The molecule has 0 saturated heterocycles. The molecule has 10 aromatic rings. The minimum atomic E-state index is -2.12. The van der Waals surface area contributed by atoms with Crippen molar-refractivity contribution in [3.63, 3.8) is 0 Å². The molecule has 6 aromatic carbocycles. The van der Waals surface area contributed by atoms with E-state index in [2.05, 4.69) is 202 Å². The van der Waals surface area contributed by atoms with Gasteiger partial charge >= 0.3 is 0 Å². The van der Waals surface area contributed by atoms with Gasteiger partial charge in [0.25, 0.3) is 0 Å². The molecule has 0 aliphatic rings. The Labute approximate surface area is 440 Å². The Bertz CT molecular complexity index is 3570. The van der Waals surface area contributed by atoms with Gasteiger partial charge in [-0.05, 0) is 86.4 Å². The second-order valence-corrected chi connectivity index (χ2v) is 26.8. The van der Waals surface area contributed by atoms with Gasteiger partial charge in [0.05, 0.1) is 25.0 Å². The van der Waals surface area contributed by atoms with Crippen LogP contribution < -0.4 is 5.19 Å². The maximum absolute atomic E-state index is 7.56. The number of hydrogen-bond acceptors (Lipinski definition) is 4. The average molecular weight is 1130 g/mol. The predicted molar refractivity (Wildman–Crippen MR) is 298 cm³/mol. The number of imidazole rings is 1. The van der Waals surface area contributed by atoms with Crippen LogP contribution in [0.1, 0.15) is 112 Å². The molecule has 4 heterocycles. The summed E-state index contributed by atoms with van der Waals surface area (Å²) in [5.74, 6) is 1.33. The van der Waals surface area contributed by atoms with E-state index in [1.807, 2.05) is 30.5 Å². The molecule has 0 aliphatic heterocycles. The molecule has 5 nitrogen and oxygen atoms in total. The van der Waals surface area contributed by atoms with Gasteiger partial charge in [-0.25, -0.2) is 4.98 Å². The quantitative estimate of drug-likeness (QED) is 0.107. The van der Waals surface area contributed by atoms with Crippen LogP contribution in [0.4, 0.5) is 0 Å². The Balaban J connectivity index is 0.000000212. The first-order valence-corrected chi connectivity index (χ1v) is 28.1. The standard InChI is InChI=1S/C40H38N3O.C24H28NSi.Ir/c1-24(2)31-22-27(26-14-9-8-10-15-26)23-32(25(3)4)36(31)43-33-20-21-35(40(5,6)7)41-38(33)42-39(43)30-18-13-17-29-28-16-11-12-19-34(28)44-37(29)30;1-18-12-14-19(15-13-18)22-16-21(23(17-25-22)26(4,5)6)24(2,3)20-10-8-7-9-11-20;/h8-17,19-25H,1-7H3;7-14,16-17H,1-6H3;/q2*-1;/i;1D3;. The molecular formula is C64H66IrN4OSi-2. The molecule has 1 radical (unpaired) electrons. The van der Waals surface area contributed by atoms with Crippen LogP contribution >= 0.6 is 0 Å². The van der Waals surface area contributed by atoms with Crippen molar-refractivity contribution in [1.82, 2.24) is 19.5 Å². The number of nitrogens with zero attached hydrogens (tertiary/aromatic N) is 4. The molecule has 0 N–H and O–H groups in total. The Morgan fingerprint density at radius 3 is 1.97 bits per heavy atom. The molecule has 0 amide bonds. The first-order chi connectivity index (χ1) is 34.5. The van der Waals surface area contributed by atoms with E-state index in [1.54, 1.807) is 18.2 Å². The van der Waals surface area contributed by atoms with Crippen LogP contribution in [0.25, 0.3) is 72.6 Å². The SMILES string of the molecule is CC(C)c1cc(-c2ccccc2)cc(C(C)C)c1-n1c(-c2[c-]ccc3c2oc2ccccc23)nc2nc(C(C)(C)C)ccc21.[2H]C([2H])([2H])c1c[c-]c(-c2cc(C(C)(C)c3ccccc3)c([Si](C)(C)C)cn2)cc1.[Ir]. The van der Waals surface area contributed by atoms with Crippen molar-refractivity contribution >= 4 is 46.4 Å². The minimum absolute atomic E-state index is 0. The minimum Gasteiger partial charge on any atom is -0.501 e. The second-order valence-electron chi connectivity index (χ2n) is 21.8. The van der Waals surface area contributed by atoms with Crippen LogP contribution in [0, 0.1) is 19.0 Å². The number of hydrogen-bond donors (Lipinski definition) is 0. The molecule has 7 heteroatoms. The number of aromatic nitrogens is 4. The predicted octanol–water partition coefficient (Wildman–Crippen LogP) is 16.7. The van der Waals surface area contributed by atoms with Gasteiger partial charge in [-0.2, -0.15) is 0 Å². The number of para-hydroxylation sites is 1. The molecule has 0 bridgehead atoms. The van der Waals surface area contributed by atoms with Gasteiger partial charge < -0.3 is 14.0 Å². The van der Waals surface area contributed by atoms with Gasteiger partial charge in [-0.1, -0.05) is 185 Å². The van der Waals surface area contributed by atoms with Crippen LogP contribution in [0.2, 0.25) is 19.6 Å². The average Bonchev–Trinajstić information content (AvgIpc) is 3.94. The van der Waals surface area contributed by atoms with Crippen molar-refractivity contribution in [1.29, 1.82) is 0 Å². The summed E-state index contributed by atoms with van der Waals surface area (Å²) in [6, 6.07) is 56.4. The summed E-state index contributed by atoms with van der Waals surface area (Å²) in [6.45, 7) is 25.1. The van der Waals surface area contributed by atoms with Crippen molar-refractivity contribution in [3.05, 3.63) is 197 Å². The summed E-state index contributed by atoms with van der Waals surface area (Å²) in [7, 11) is -1.63. The van der Waals surface area contributed by atoms with Crippen LogP contribution in [-0.4, -0.2) is 27.6 Å². The summed E-state index contributed by atoms with van der Waals surface area (Å²) >= 11 is 0. The summed E-state index contributed by atoms with van der Waals surface area (Å²) in [5.41, 5.74) is 15.6. The third-order valence-electron chi connectivity index (χ3n) is 13.6. The molecule has 0 unspecified atom stereocenters. The third-order valence-corrected chi connectivity index (χ3v) is 15.6. The number of rotatable bonds is 9. The van der Waals surface area contributed by atoms with E-state index in [4.69, 9.17) is 23.5 Å². The Morgan fingerprint density at radius 2 is 1.35 bits per heavy atom. The molecule has 71 heavy (non-hydrogen) atoms. The first kappa shape index (κ1) is 47.1. The molecule has 0 fully saturated rings. The van der Waals surface area contributed by atoms with E-state index >= 15 is 0 Å². The molecule has 4 aromatic heterocycles. The Kier molecular flexibility index (Phi) is 13.3. The second kappa shape index (κ2) is 20.1. The molecule has 0 spiro atoms. The zero-order valence-electron chi connectivity index (χ0n) is 46.1. The number of furan rings is 1. The molecule has 0 aliphatic carbocycles. The zero-order chi connectivity index (χ0) is 52.2. The topological polar surface area (TPSA) is 56.7 Å². The number of fused-ring (bicyclic) bond motifs is 4. The smallest absolute Gasteiger partial charge is 0.168 e. The monoisotopic (exact) mass is 1130 g/mol. The molecule has 363 valence electrons. The van der Waals surface area contributed by atoms with E-state index in [-0.39, 0.29) is 42.8 Å². The van der Waals surface area contributed by atoms with Crippen molar-refractivity contribution in [2.45, 2.75) is 111 Å². The van der Waals surface area contributed by atoms with Crippen LogP contribution in [0.15, 0.2) is 156 Å². The van der Waals surface area contributed by atoms with E-state index < -0.39 is 14.9 Å². The van der Waals surface area contributed by atoms with Crippen LogP contribution in [0.5, 0.6) is 0 Å². The fourth-order valence-corrected chi connectivity index (χ4v) is 11.2. The zero-order valence-corrected chi connectivity index (χ0v) is 46.5. The fourth-order valence-electron chi connectivity index (χ4n) is 9.56. The fraction of sp³-hybridized carbons (Fsp3) is 0.266. The molecule has 10 rings (SSSR count). The third kappa shape index (κ3) is 10.2. The summed E-state index contributed by atoms with van der Waals surface area (Å²) < 4.78 is 31.5. The van der Waals surface area contributed by atoms with Crippen molar-refractivity contribution in [3.8, 4) is 39.5 Å². The molecule has 0 saturated carbocycles. The molecular weight excluding hydrogens is 1060 g/mol. The van der Waals surface area contributed by atoms with E-state index in [9.17, 15) is 0 Å². The van der Waals surface area contributed by atoms with Gasteiger partial charge in [0.2, 0.25) is 0 Å². The van der Waals surface area contributed by atoms with Gasteiger partial charge in [0.1, 0.15) is 5.58 Å². The summed E-state index contributed by atoms with van der Waals surface area (Å²) in [4.78, 5) is 15.2.